The molecule has 2 unspecified atom stereocenters. The first kappa shape index (κ1) is 24.4. The summed E-state index contributed by atoms with van der Waals surface area (Å²) in [4.78, 5) is 10.3. The summed E-state index contributed by atoms with van der Waals surface area (Å²) in [6, 6.07) is 12.1. The number of nitro groups is 1. The molecule has 2 aromatic carbocycles. The lowest BCUT2D eigenvalue weighted by Crippen LogP contribution is -2.15. The normalized spacial score (nSPS) is 14.2. The summed E-state index contributed by atoms with van der Waals surface area (Å²) in [6.07, 6.45) is 0.191. The molecule has 0 amide bonds. The van der Waals surface area contributed by atoms with Gasteiger partial charge in [-0.15, -0.1) is 0 Å². The SMILES string of the molecule is CS(=O)(=O)OC(CCC(OS(C)(=O)=O)c1ccc([N+](=O)[O-])cc1)c1ccc(Br)cc1. The number of hydrogen-bond donors (Lipinski definition) is 0. The zero-order valence-corrected chi connectivity index (χ0v) is 19.3. The van der Waals surface area contributed by atoms with Crippen molar-refractivity contribution in [3.8, 4) is 0 Å². The maximum Gasteiger partial charge on any atom is 0.269 e. The van der Waals surface area contributed by atoms with E-state index in [1.807, 2.05) is 0 Å². The lowest BCUT2D eigenvalue weighted by atomic mass is 9.99. The molecule has 2 rings (SSSR count). The second-order valence-electron chi connectivity index (χ2n) is 6.56. The van der Waals surface area contributed by atoms with Crippen LogP contribution in [-0.2, 0) is 28.6 Å². The summed E-state index contributed by atoms with van der Waals surface area (Å²) >= 11 is 3.30. The summed E-state index contributed by atoms with van der Waals surface area (Å²) < 4.78 is 58.0. The first-order chi connectivity index (χ1) is 13.8. The minimum absolute atomic E-state index is 0.0845. The molecule has 9 nitrogen and oxygen atoms in total. The number of hydrogen-bond acceptors (Lipinski definition) is 8. The standard InChI is InChI=1S/C18H20BrNO8S2/c1-29(23,24)27-17(13-3-7-15(19)8-4-13)11-12-18(28-30(2,25)26)14-5-9-16(10-6-14)20(21)22/h3-10,17-18H,11-12H2,1-2H3. The molecular formula is C18H20BrNO8S2. The molecule has 0 aliphatic heterocycles. The van der Waals surface area contributed by atoms with Gasteiger partial charge in [-0.2, -0.15) is 16.8 Å². The molecule has 0 aliphatic rings. The Labute approximate surface area is 183 Å². The minimum Gasteiger partial charge on any atom is -0.262 e. The minimum atomic E-state index is -3.85. The van der Waals surface area contributed by atoms with E-state index in [2.05, 4.69) is 15.9 Å². The van der Waals surface area contributed by atoms with E-state index in [-0.39, 0.29) is 18.5 Å². The Hall–Kier alpha value is -1.86. The van der Waals surface area contributed by atoms with Crippen molar-refractivity contribution in [3.05, 3.63) is 74.2 Å². The molecule has 0 spiro atoms. The third kappa shape index (κ3) is 8.11. The first-order valence-corrected chi connectivity index (χ1v) is 13.0. The van der Waals surface area contributed by atoms with Gasteiger partial charge in [0.25, 0.3) is 25.9 Å². The van der Waals surface area contributed by atoms with E-state index in [1.54, 1.807) is 24.3 Å². The Morgan fingerprint density at radius 3 is 1.53 bits per heavy atom. The van der Waals surface area contributed by atoms with Crippen molar-refractivity contribution >= 4 is 41.9 Å². The molecule has 0 aromatic heterocycles. The number of non-ortho nitro benzene ring substituents is 1. The highest BCUT2D eigenvalue weighted by Gasteiger charge is 2.24. The fourth-order valence-electron chi connectivity index (χ4n) is 2.75. The second kappa shape index (κ2) is 9.96. The number of nitro benzene ring substituents is 1. The molecule has 0 heterocycles. The van der Waals surface area contributed by atoms with E-state index in [0.29, 0.717) is 11.1 Å². The van der Waals surface area contributed by atoms with Crippen LogP contribution >= 0.6 is 15.9 Å². The summed E-state index contributed by atoms with van der Waals surface area (Å²) in [7, 11) is -7.64. The second-order valence-corrected chi connectivity index (χ2v) is 10.7. The van der Waals surface area contributed by atoms with Gasteiger partial charge in [0.15, 0.2) is 0 Å². The highest BCUT2D eigenvalue weighted by atomic mass is 79.9. The predicted octanol–water partition coefficient (Wildman–Crippen LogP) is 3.87. The highest BCUT2D eigenvalue weighted by molar-refractivity contribution is 9.10. The molecule has 2 atom stereocenters. The summed E-state index contributed by atoms with van der Waals surface area (Å²) in [5, 5.41) is 10.8. The van der Waals surface area contributed by atoms with E-state index < -0.39 is 37.4 Å². The van der Waals surface area contributed by atoms with Crippen LogP contribution in [0.1, 0.15) is 36.2 Å². The molecule has 12 heteroatoms. The molecule has 0 saturated carbocycles. The summed E-state index contributed by atoms with van der Waals surface area (Å²) in [5.41, 5.74) is 0.843. The largest absolute Gasteiger partial charge is 0.269 e. The maximum absolute atomic E-state index is 11.7. The number of nitrogens with zero attached hydrogens (tertiary/aromatic N) is 1. The van der Waals surface area contributed by atoms with Gasteiger partial charge < -0.3 is 0 Å². The van der Waals surface area contributed by atoms with Crippen LogP contribution in [-0.4, -0.2) is 34.3 Å². The smallest absolute Gasteiger partial charge is 0.262 e. The van der Waals surface area contributed by atoms with Gasteiger partial charge in [0, 0.05) is 16.6 Å². The molecule has 0 fully saturated rings. The number of benzene rings is 2. The molecule has 0 bridgehead atoms. The third-order valence-electron chi connectivity index (χ3n) is 3.99. The Morgan fingerprint density at radius 1 is 0.833 bits per heavy atom. The summed E-state index contributed by atoms with van der Waals surface area (Å²) in [6.45, 7) is 0. The quantitative estimate of drug-likeness (QED) is 0.261. The molecule has 0 aliphatic carbocycles. The van der Waals surface area contributed by atoms with E-state index >= 15 is 0 Å². The van der Waals surface area contributed by atoms with Gasteiger partial charge in [-0.1, -0.05) is 28.1 Å². The Bertz CT molecular complexity index is 1080. The molecule has 0 saturated heterocycles. The number of halogens is 1. The topological polar surface area (TPSA) is 130 Å². The van der Waals surface area contributed by atoms with Gasteiger partial charge in [-0.05, 0) is 48.2 Å². The van der Waals surface area contributed by atoms with Gasteiger partial charge in [0.05, 0.1) is 17.4 Å². The van der Waals surface area contributed by atoms with Crippen LogP contribution in [0.4, 0.5) is 5.69 Å². The molecule has 30 heavy (non-hydrogen) atoms. The van der Waals surface area contributed by atoms with Crippen LogP contribution in [0.15, 0.2) is 53.0 Å². The van der Waals surface area contributed by atoms with Crippen molar-refractivity contribution in [3.63, 3.8) is 0 Å². The zero-order chi connectivity index (χ0) is 22.5. The van der Waals surface area contributed by atoms with Crippen LogP contribution in [0.2, 0.25) is 0 Å². The van der Waals surface area contributed by atoms with Gasteiger partial charge in [0.2, 0.25) is 0 Å². The van der Waals surface area contributed by atoms with Gasteiger partial charge >= 0.3 is 0 Å². The van der Waals surface area contributed by atoms with E-state index in [1.165, 1.54) is 24.3 Å². The van der Waals surface area contributed by atoms with E-state index in [9.17, 15) is 26.9 Å². The van der Waals surface area contributed by atoms with Crippen molar-refractivity contribution in [2.24, 2.45) is 0 Å². The molecule has 2 aromatic rings. The Balaban J connectivity index is 2.29. The van der Waals surface area contributed by atoms with Gasteiger partial charge in [-0.25, -0.2) is 0 Å². The van der Waals surface area contributed by atoms with Gasteiger partial charge in [0.1, 0.15) is 12.2 Å². The molecular weight excluding hydrogens is 502 g/mol. The van der Waals surface area contributed by atoms with Crippen molar-refractivity contribution in [2.75, 3.05) is 12.5 Å². The molecule has 0 N–H and O–H groups in total. The van der Waals surface area contributed by atoms with E-state index in [4.69, 9.17) is 8.37 Å². The van der Waals surface area contributed by atoms with Crippen LogP contribution in [0.5, 0.6) is 0 Å². The predicted molar refractivity (Wildman–Crippen MR) is 114 cm³/mol. The molecule has 164 valence electrons. The fourth-order valence-corrected chi connectivity index (χ4v) is 4.28. The maximum atomic E-state index is 11.7. The first-order valence-electron chi connectivity index (χ1n) is 8.60. The van der Waals surface area contributed by atoms with Crippen LogP contribution in [0.3, 0.4) is 0 Å². The average Bonchev–Trinajstić information content (AvgIpc) is 2.63. The van der Waals surface area contributed by atoms with Crippen molar-refractivity contribution < 1.29 is 30.1 Å². The Morgan fingerprint density at radius 2 is 1.20 bits per heavy atom. The molecule has 0 radical (unpaired) electrons. The van der Waals surface area contributed by atoms with Crippen LogP contribution < -0.4 is 0 Å². The number of rotatable bonds is 10. The van der Waals surface area contributed by atoms with Crippen molar-refractivity contribution in [2.45, 2.75) is 25.0 Å². The lowest BCUT2D eigenvalue weighted by Gasteiger charge is -2.21. The van der Waals surface area contributed by atoms with Crippen LogP contribution in [0.25, 0.3) is 0 Å². The zero-order valence-electron chi connectivity index (χ0n) is 16.1. The highest BCUT2D eigenvalue weighted by Crippen LogP contribution is 2.33. The lowest BCUT2D eigenvalue weighted by molar-refractivity contribution is -0.384. The fraction of sp³-hybridized carbons (Fsp3) is 0.333. The van der Waals surface area contributed by atoms with Crippen molar-refractivity contribution in [1.29, 1.82) is 0 Å². The average molecular weight is 522 g/mol. The third-order valence-corrected chi connectivity index (χ3v) is 5.68. The Kier molecular flexibility index (Phi) is 8.11. The van der Waals surface area contributed by atoms with Gasteiger partial charge in [-0.3, -0.25) is 18.5 Å². The van der Waals surface area contributed by atoms with E-state index in [0.717, 1.165) is 17.0 Å². The van der Waals surface area contributed by atoms with Crippen LogP contribution in [0, 0.1) is 10.1 Å². The summed E-state index contributed by atoms with van der Waals surface area (Å²) in [5.74, 6) is 0. The monoisotopic (exact) mass is 521 g/mol. The van der Waals surface area contributed by atoms with Crippen molar-refractivity contribution in [1.82, 2.24) is 0 Å².